The standard InChI is InChI=1S/C23H29NO2/c1-18-11-12-22(17-19(18)2)26-21-13-15-24(16-14-21)23(25)10-6-9-20-7-4-3-5-8-20/h3-5,7-8,11-12,17,21H,6,9-10,13-16H2,1-2H3. The number of aryl methyl sites for hydroxylation is 3. The first-order valence-electron chi connectivity index (χ1n) is 9.67. The molecule has 26 heavy (non-hydrogen) atoms. The van der Waals surface area contributed by atoms with Crippen molar-refractivity contribution < 1.29 is 9.53 Å². The van der Waals surface area contributed by atoms with Crippen LogP contribution in [0.4, 0.5) is 0 Å². The van der Waals surface area contributed by atoms with Crippen molar-refractivity contribution in [1.82, 2.24) is 4.90 Å². The summed E-state index contributed by atoms with van der Waals surface area (Å²) in [5.41, 5.74) is 3.85. The molecule has 1 amide bonds. The van der Waals surface area contributed by atoms with Gasteiger partial charge in [-0.05, 0) is 55.5 Å². The molecular weight excluding hydrogens is 322 g/mol. The topological polar surface area (TPSA) is 29.5 Å². The predicted octanol–water partition coefficient (Wildman–Crippen LogP) is 4.70. The van der Waals surface area contributed by atoms with Crippen molar-refractivity contribution in [3.05, 3.63) is 65.2 Å². The van der Waals surface area contributed by atoms with Crippen molar-refractivity contribution in [3.8, 4) is 5.75 Å². The molecule has 0 spiro atoms. The number of rotatable bonds is 6. The summed E-state index contributed by atoms with van der Waals surface area (Å²) in [5.74, 6) is 1.23. The molecule has 0 radical (unpaired) electrons. The Morgan fingerprint density at radius 3 is 2.46 bits per heavy atom. The average Bonchev–Trinajstić information content (AvgIpc) is 2.66. The van der Waals surface area contributed by atoms with E-state index < -0.39 is 0 Å². The van der Waals surface area contributed by atoms with Crippen molar-refractivity contribution in [1.29, 1.82) is 0 Å². The first kappa shape index (κ1) is 18.5. The van der Waals surface area contributed by atoms with Gasteiger partial charge in [-0.15, -0.1) is 0 Å². The van der Waals surface area contributed by atoms with Crippen LogP contribution in [0.3, 0.4) is 0 Å². The van der Waals surface area contributed by atoms with E-state index in [1.807, 2.05) is 17.0 Å². The number of ether oxygens (including phenoxy) is 1. The molecule has 0 atom stereocenters. The number of likely N-dealkylation sites (tertiary alicyclic amines) is 1. The molecule has 0 aromatic heterocycles. The summed E-state index contributed by atoms with van der Waals surface area (Å²) in [6.45, 7) is 5.83. The quantitative estimate of drug-likeness (QED) is 0.755. The molecule has 3 nitrogen and oxygen atoms in total. The Bertz CT molecular complexity index is 718. The van der Waals surface area contributed by atoms with Gasteiger partial charge in [0.1, 0.15) is 11.9 Å². The summed E-state index contributed by atoms with van der Waals surface area (Å²) < 4.78 is 6.12. The van der Waals surface area contributed by atoms with Gasteiger partial charge in [0.05, 0.1) is 0 Å². The molecule has 2 aromatic rings. The Labute approximate surface area is 157 Å². The van der Waals surface area contributed by atoms with Gasteiger partial charge >= 0.3 is 0 Å². The highest BCUT2D eigenvalue weighted by atomic mass is 16.5. The number of carbonyl (C=O) groups excluding carboxylic acids is 1. The van der Waals surface area contributed by atoms with Gasteiger partial charge in [-0.3, -0.25) is 4.79 Å². The second-order valence-corrected chi connectivity index (χ2v) is 7.28. The highest BCUT2D eigenvalue weighted by molar-refractivity contribution is 5.76. The summed E-state index contributed by atoms with van der Waals surface area (Å²) in [7, 11) is 0. The van der Waals surface area contributed by atoms with E-state index in [0.29, 0.717) is 6.42 Å². The van der Waals surface area contributed by atoms with E-state index in [9.17, 15) is 4.79 Å². The monoisotopic (exact) mass is 351 g/mol. The lowest BCUT2D eigenvalue weighted by molar-refractivity contribution is -0.133. The lowest BCUT2D eigenvalue weighted by atomic mass is 10.0. The highest BCUT2D eigenvalue weighted by Gasteiger charge is 2.23. The molecular formula is C23H29NO2. The minimum absolute atomic E-state index is 0.213. The summed E-state index contributed by atoms with van der Waals surface area (Å²) in [6.07, 6.45) is 4.57. The van der Waals surface area contributed by atoms with E-state index in [4.69, 9.17) is 4.74 Å². The Morgan fingerprint density at radius 1 is 1.04 bits per heavy atom. The summed E-state index contributed by atoms with van der Waals surface area (Å²) in [6, 6.07) is 16.6. The molecule has 1 aliphatic rings. The highest BCUT2D eigenvalue weighted by Crippen LogP contribution is 2.22. The molecule has 3 rings (SSSR count). The minimum Gasteiger partial charge on any atom is -0.490 e. The maximum atomic E-state index is 12.4. The van der Waals surface area contributed by atoms with Gasteiger partial charge in [-0.2, -0.15) is 0 Å². The van der Waals surface area contributed by atoms with Crippen LogP contribution in [0.2, 0.25) is 0 Å². The van der Waals surface area contributed by atoms with Crippen LogP contribution < -0.4 is 4.74 Å². The van der Waals surface area contributed by atoms with Gasteiger partial charge in [0.25, 0.3) is 0 Å². The van der Waals surface area contributed by atoms with Crippen molar-refractivity contribution >= 4 is 5.91 Å². The zero-order valence-corrected chi connectivity index (χ0v) is 15.9. The molecule has 0 aliphatic carbocycles. The molecule has 0 bridgehead atoms. The van der Waals surface area contributed by atoms with Crippen LogP contribution in [0.15, 0.2) is 48.5 Å². The number of benzene rings is 2. The van der Waals surface area contributed by atoms with Crippen molar-refractivity contribution in [2.75, 3.05) is 13.1 Å². The van der Waals surface area contributed by atoms with Gasteiger partial charge in [-0.25, -0.2) is 0 Å². The number of hydrogen-bond acceptors (Lipinski definition) is 2. The summed E-state index contributed by atoms with van der Waals surface area (Å²) >= 11 is 0. The number of amides is 1. The number of piperidine rings is 1. The van der Waals surface area contributed by atoms with E-state index in [1.165, 1.54) is 16.7 Å². The summed E-state index contributed by atoms with van der Waals surface area (Å²) in [5, 5.41) is 0. The van der Waals surface area contributed by atoms with E-state index in [0.717, 1.165) is 44.5 Å². The third-order valence-corrected chi connectivity index (χ3v) is 5.27. The fourth-order valence-electron chi connectivity index (χ4n) is 3.45. The molecule has 1 aliphatic heterocycles. The van der Waals surface area contributed by atoms with Crippen LogP contribution in [0.1, 0.15) is 42.4 Å². The van der Waals surface area contributed by atoms with Crippen LogP contribution >= 0.6 is 0 Å². The molecule has 1 fully saturated rings. The first-order chi connectivity index (χ1) is 12.6. The minimum atomic E-state index is 0.213. The number of hydrogen-bond donors (Lipinski definition) is 0. The maximum absolute atomic E-state index is 12.4. The normalized spacial score (nSPS) is 15.1. The smallest absolute Gasteiger partial charge is 0.222 e. The van der Waals surface area contributed by atoms with Gasteiger partial charge < -0.3 is 9.64 Å². The van der Waals surface area contributed by atoms with Crippen LogP contribution in [0, 0.1) is 13.8 Å². The molecule has 0 N–H and O–H groups in total. The lowest BCUT2D eigenvalue weighted by Gasteiger charge is -2.32. The fraction of sp³-hybridized carbons (Fsp3) is 0.435. The SMILES string of the molecule is Cc1ccc(OC2CCN(C(=O)CCCc3ccccc3)CC2)cc1C. The van der Waals surface area contributed by atoms with E-state index >= 15 is 0 Å². The van der Waals surface area contributed by atoms with Gasteiger partial charge in [0.2, 0.25) is 5.91 Å². The molecule has 138 valence electrons. The van der Waals surface area contributed by atoms with Crippen LogP contribution in [-0.2, 0) is 11.2 Å². The maximum Gasteiger partial charge on any atom is 0.222 e. The summed E-state index contributed by atoms with van der Waals surface area (Å²) in [4.78, 5) is 14.4. The molecule has 2 aromatic carbocycles. The zero-order valence-electron chi connectivity index (χ0n) is 15.9. The van der Waals surface area contributed by atoms with E-state index in [2.05, 4.69) is 50.2 Å². The van der Waals surface area contributed by atoms with Crippen molar-refractivity contribution in [2.45, 2.75) is 52.1 Å². The first-order valence-corrected chi connectivity index (χ1v) is 9.67. The third-order valence-electron chi connectivity index (χ3n) is 5.27. The molecule has 3 heteroatoms. The third kappa shape index (κ3) is 5.10. The second kappa shape index (κ2) is 8.88. The molecule has 1 heterocycles. The van der Waals surface area contributed by atoms with Gasteiger partial charge in [-0.1, -0.05) is 36.4 Å². The van der Waals surface area contributed by atoms with Crippen LogP contribution in [-0.4, -0.2) is 30.0 Å². The predicted molar refractivity (Wildman–Crippen MR) is 106 cm³/mol. The van der Waals surface area contributed by atoms with Crippen molar-refractivity contribution in [2.24, 2.45) is 0 Å². The molecule has 1 saturated heterocycles. The van der Waals surface area contributed by atoms with Gasteiger partial charge in [0.15, 0.2) is 0 Å². The van der Waals surface area contributed by atoms with E-state index in [-0.39, 0.29) is 12.0 Å². The zero-order chi connectivity index (χ0) is 18.4. The van der Waals surface area contributed by atoms with Gasteiger partial charge in [0, 0.05) is 32.4 Å². The number of nitrogens with zero attached hydrogens (tertiary/aromatic N) is 1. The molecule has 0 unspecified atom stereocenters. The van der Waals surface area contributed by atoms with E-state index in [1.54, 1.807) is 0 Å². The van der Waals surface area contributed by atoms with Crippen molar-refractivity contribution in [3.63, 3.8) is 0 Å². The Hall–Kier alpha value is -2.29. The average molecular weight is 351 g/mol. The second-order valence-electron chi connectivity index (χ2n) is 7.28. The lowest BCUT2D eigenvalue weighted by Crippen LogP contribution is -2.41. The largest absolute Gasteiger partial charge is 0.490 e. The molecule has 0 saturated carbocycles. The van der Waals surface area contributed by atoms with Crippen LogP contribution in [0.25, 0.3) is 0 Å². The Kier molecular flexibility index (Phi) is 6.32. The van der Waals surface area contributed by atoms with Crippen LogP contribution in [0.5, 0.6) is 5.75 Å². The Balaban J connectivity index is 1.40. The number of carbonyl (C=O) groups is 1. The fourth-order valence-corrected chi connectivity index (χ4v) is 3.45. The Morgan fingerprint density at radius 2 is 1.77 bits per heavy atom.